The molecule has 5 heterocycles. The van der Waals surface area contributed by atoms with Gasteiger partial charge in [0, 0.05) is 36.5 Å². The Morgan fingerprint density at radius 1 is 1.29 bits per heavy atom. The number of alkyl halides is 1. The van der Waals surface area contributed by atoms with Crippen molar-refractivity contribution in [1.82, 2.24) is 29.8 Å². The molecule has 3 N–H and O–H groups in total. The van der Waals surface area contributed by atoms with E-state index < -0.39 is 18.1 Å². The first-order chi connectivity index (χ1) is 16.5. The molecule has 1 saturated heterocycles. The van der Waals surface area contributed by atoms with Crippen molar-refractivity contribution < 1.29 is 9.18 Å². The lowest BCUT2D eigenvalue weighted by atomic mass is 10.2. The van der Waals surface area contributed by atoms with E-state index in [4.69, 9.17) is 11.6 Å². The van der Waals surface area contributed by atoms with Crippen LogP contribution in [0.1, 0.15) is 30.9 Å². The average Bonchev–Trinajstić information content (AvgIpc) is 3.19. The molecule has 0 bridgehead atoms. The Labute approximate surface area is 198 Å². The molecular weight excluding hydrogens is 461 g/mol. The summed E-state index contributed by atoms with van der Waals surface area (Å²) in [5, 5.41) is 18.3. The Morgan fingerprint density at radius 3 is 3.00 bits per heavy atom. The minimum absolute atomic E-state index is 0.000688. The molecule has 6 rings (SSSR count). The summed E-state index contributed by atoms with van der Waals surface area (Å²) in [6.45, 7) is -0.000688. The summed E-state index contributed by atoms with van der Waals surface area (Å²) in [6.07, 6.45) is 5.90. The van der Waals surface area contributed by atoms with Crippen LogP contribution in [-0.2, 0) is 4.79 Å². The van der Waals surface area contributed by atoms with Gasteiger partial charge in [-0.25, -0.2) is 8.91 Å². The van der Waals surface area contributed by atoms with Gasteiger partial charge in [0.15, 0.2) is 11.6 Å². The van der Waals surface area contributed by atoms with Crippen molar-refractivity contribution in [2.75, 3.05) is 22.1 Å². The first-order valence-electron chi connectivity index (χ1n) is 11.0. The summed E-state index contributed by atoms with van der Waals surface area (Å²) in [4.78, 5) is 23.3. The highest BCUT2D eigenvalue weighted by atomic mass is 35.5. The zero-order valence-electron chi connectivity index (χ0n) is 17.9. The molecule has 34 heavy (non-hydrogen) atoms. The second-order valence-electron chi connectivity index (χ2n) is 8.55. The molecule has 174 valence electrons. The lowest BCUT2D eigenvalue weighted by Gasteiger charge is -2.24. The van der Waals surface area contributed by atoms with Gasteiger partial charge in [-0.2, -0.15) is 10.1 Å². The number of rotatable bonds is 6. The minimum atomic E-state index is -1.20. The number of aromatic nitrogens is 6. The highest BCUT2D eigenvalue weighted by Gasteiger charge is 2.39. The molecule has 0 spiro atoms. The topological polar surface area (TPSA) is 116 Å². The third-order valence-corrected chi connectivity index (χ3v) is 6.41. The molecule has 1 saturated carbocycles. The van der Waals surface area contributed by atoms with Crippen LogP contribution in [0.15, 0.2) is 42.9 Å². The molecule has 12 heteroatoms. The summed E-state index contributed by atoms with van der Waals surface area (Å²) < 4.78 is 16.2. The molecule has 10 nitrogen and oxygen atoms in total. The zero-order valence-corrected chi connectivity index (χ0v) is 18.7. The number of anilines is 4. The quantitative estimate of drug-likeness (QED) is 0.384. The van der Waals surface area contributed by atoms with Gasteiger partial charge in [0.05, 0.1) is 23.5 Å². The van der Waals surface area contributed by atoms with E-state index in [1.165, 1.54) is 12.4 Å². The van der Waals surface area contributed by atoms with Gasteiger partial charge in [-0.15, -0.1) is 5.10 Å². The van der Waals surface area contributed by atoms with E-state index in [9.17, 15) is 9.18 Å². The first kappa shape index (κ1) is 20.8. The van der Waals surface area contributed by atoms with Crippen LogP contribution in [-0.4, -0.2) is 54.4 Å². The number of carbonyl (C=O) groups is 1. The maximum atomic E-state index is 14.5. The number of pyridine rings is 1. The monoisotopic (exact) mass is 481 g/mol. The Balaban J connectivity index is 1.30. The van der Waals surface area contributed by atoms with E-state index in [0.29, 0.717) is 28.3 Å². The summed E-state index contributed by atoms with van der Waals surface area (Å²) in [5.74, 6) is 1.53. The minimum Gasteiger partial charge on any atom is -0.324 e. The first-order valence-corrected chi connectivity index (χ1v) is 11.4. The van der Waals surface area contributed by atoms with Gasteiger partial charge in [0.1, 0.15) is 17.7 Å². The molecule has 2 aliphatic rings. The highest BCUT2D eigenvalue weighted by Crippen LogP contribution is 2.40. The summed E-state index contributed by atoms with van der Waals surface area (Å²) in [6, 6.07) is 6.46. The van der Waals surface area contributed by atoms with Gasteiger partial charge < -0.3 is 15.5 Å². The predicted molar refractivity (Wildman–Crippen MR) is 125 cm³/mol. The highest BCUT2D eigenvalue weighted by molar-refractivity contribution is 6.33. The Hall–Kier alpha value is -3.73. The fourth-order valence-electron chi connectivity index (χ4n) is 4.20. The van der Waals surface area contributed by atoms with Gasteiger partial charge in [-0.05, 0) is 31.0 Å². The van der Waals surface area contributed by atoms with E-state index in [-0.39, 0.29) is 18.9 Å². The lowest BCUT2D eigenvalue weighted by molar-refractivity contribution is -0.117. The molecule has 1 amide bonds. The fraction of sp³-hybridized carbons (Fsp3) is 0.318. The molecule has 1 aliphatic carbocycles. The SMILES string of the molecule is O=C(Nc1cnccc1Cl)C1C[C@@H](F)CN1c1nc(Nc2cc(C3CC3)[nH]n2)c2cccn2n1. The molecule has 2 fully saturated rings. The summed E-state index contributed by atoms with van der Waals surface area (Å²) in [7, 11) is 0. The number of halogens is 2. The third kappa shape index (κ3) is 3.92. The van der Waals surface area contributed by atoms with E-state index >= 15 is 0 Å². The van der Waals surface area contributed by atoms with Crippen LogP contribution in [0.5, 0.6) is 0 Å². The van der Waals surface area contributed by atoms with Crippen LogP contribution >= 0.6 is 11.6 Å². The number of nitrogens with zero attached hydrogens (tertiary/aromatic N) is 6. The van der Waals surface area contributed by atoms with Gasteiger partial charge in [-0.1, -0.05) is 11.6 Å². The van der Waals surface area contributed by atoms with Gasteiger partial charge in [-0.3, -0.25) is 14.9 Å². The Bertz CT molecular complexity index is 1370. The predicted octanol–water partition coefficient (Wildman–Crippen LogP) is 3.68. The number of H-pyrrole nitrogens is 1. The molecule has 0 aromatic carbocycles. The van der Waals surface area contributed by atoms with Gasteiger partial charge >= 0.3 is 0 Å². The molecule has 1 unspecified atom stereocenters. The molecule has 4 aromatic heterocycles. The lowest BCUT2D eigenvalue weighted by Crippen LogP contribution is -2.41. The van der Waals surface area contributed by atoms with E-state index in [1.54, 1.807) is 21.7 Å². The van der Waals surface area contributed by atoms with Crippen molar-refractivity contribution in [1.29, 1.82) is 0 Å². The second kappa shape index (κ2) is 8.24. The van der Waals surface area contributed by atoms with Crippen LogP contribution < -0.4 is 15.5 Å². The maximum absolute atomic E-state index is 14.5. The Morgan fingerprint density at radius 2 is 2.18 bits per heavy atom. The largest absolute Gasteiger partial charge is 0.324 e. The van der Waals surface area contributed by atoms with Gasteiger partial charge in [0.2, 0.25) is 11.9 Å². The average molecular weight is 482 g/mol. The number of fused-ring (bicyclic) bond motifs is 1. The van der Waals surface area contributed by atoms with Crippen molar-refractivity contribution in [3.63, 3.8) is 0 Å². The molecule has 4 aromatic rings. The second-order valence-corrected chi connectivity index (χ2v) is 8.96. The number of amides is 1. The smallest absolute Gasteiger partial charge is 0.247 e. The fourth-order valence-corrected chi connectivity index (χ4v) is 4.35. The number of hydrogen-bond acceptors (Lipinski definition) is 7. The van der Waals surface area contributed by atoms with Crippen LogP contribution in [0.3, 0.4) is 0 Å². The molecular formula is C22H21ClFN9O. The summed E-state index contributed by atoms with van der Waals surface area (Å²) >= 11 is 6.15. The maximum Gasteiger partial charge on any atom is 0.247 e. The standard InChI is InChI=1S/C22H21ClFN9O/c23-14-5-6-25-10-16(14)26-21(34)18-8-13(24)11-32(18)22-28-20(17-2-1-7-33(17)31-22)27-19-9-15(29-30-19)12-3-4-12/h1-2,5-7,9-10,12-13,18H,3-4,8,11H2,(H,26,34)(H2,27,28,29,30,31)/t13-,18?/m1/s1. The van der Waals surface area contributed by atoms with Crippen molar-refractivity contribution in [3.8, 4) is 0 Å². The normalized spacial score (nSPS) is 20.1. The van der Waals surface area contributed by atoms with Crippen molar-refractivity contribution in [2.24, 2.45) is 0 Å². The van der Waals surface area contributed by atoms with Crippen molar-refractivity contribution >= 4 is 46.3 Å². The van der Waals surface area contributed by atoms with E-state index in [0.717, 1.165) is 24.1 Å². The van der Waals surface area contributed by atoms with Crippen molar-refractivity contribution in [2.45, 2.75) is 37.4 Å². The Kier molecular flexibility index (Phi) is 5.05. The zero-order chi connectivity index (χ0) is 23.2. The molecule has 1 aliphatic heterocycles. The van der Waals surface area contributed by atoms with Crippen LogP contribution in [0.2, 0.25) is 5.02 Å². The van der Waals surface area contributed by atoms with Crippen LogP contribution in [0.25, 0.3) is 5.52 Å². The van der Waals surface area contributed by atoms with Gasteiger partial charge in [0.25, 0.3) is 0 Å². The number of aromatic amines is 1. The van der Waals surface area contributed by atoms with E-state index in [1.807, 2.05) is 18.2 Å². The van der Waals surface area contributed by atoms with Crippen LogP contribution in [0, 0.1) is 0 Å². The number of hydrogen-bond donors (Lipinski definition) is 3. The number of carbonyl (C=O) groups excluding carboxylic acids is 1. The molecule has 2 atom stereocenters. The van der Waals surface area contributed by atoms with Crippen molar-refractivity contribution in [3.05, 3.63) is 53.6 Å². The molecule has 0 radical (unpaired) electrons. The van der Waals surface area contributed by atoms with Crippen LogP contribution in [0.4, 0.5) is 27.7 Å². The van der Waals surface area contributed by atoms with E-state index in [2.05, 4.69) is 35.9 Å². The third-order valence-electron chi connectivity index (χ3n) is 6.08. The number of nitrogens with one attached hydrogen (secondary N) is 3. The summed E-state index contributed by atoms with van der Waals surface area (Å²) in [5.41, 5.74) is 2.19.